The molecule has 1 aromatic heterocycles. The summed E-state index contributed by atoms with van der Waals surface area (Å²) in [6.45, 7) is 6.47. The lowest BCUT2D eigenvalue weighted by Crippen LogP contribution is -2.26. The zero-order valence-electron chi connectivity index (χ0n) is 10.3. The van der Waals surface area contributed by atoms with Crippen LogP contribution in [0.5, 0.6) is 0 Å². The van der Waals surface area contributed by atoms with Crippen molar-refractivity contribution in [2.45, 2.75) is 32.9 Å². The molecule has 3 heteroatoms. The summed E-state index contributed by atoms with van der Waals surface area (Å²) < 4.78 is 0. The molecule has 1 atom stereocenters. The second-order valence-electron chi connectivity index (χ2n) is 4.16. The smallest absolute Gasteiger partial charge is 0.128 e. The Morgan fingerprint density at radius 3 is 2.53 bits per heavy atom. The number of nitrogens with zero attached hydrogens (tertiary/aromatic N) is 2. The third-order valence-corrected chi connectivity index (χ3v) is 2.84. The summed E-state index contributed by atoms with van der Waals surface area (Å²) in [5.41, 5.74) is 1.27. The standard InChI is InChI=1S/C12H21N3/c1-9(2)15(5)12-8-11(6-7-14-12)10(3)13-4/h6-10,13H,1-5H3. The Kier molecular flexibility index (Phi) is 4.09. The molecule has 0 amide bonds. The minimum atomic E-state index is 0.368. The SMILES string of the molecule is CNC(C)c1ccnc(N(C)C(C)C)c1. The second-order valence-corrected chi connectivity index (χ2v) is 4.16. The molecule has 3 nitrogen and oxygen atoms in total. The number of pyridine rings is 1. The Bertz CT molecular complexity index is 309. The average molecular weight is 207 g/mol. The van der Waals surface area contributed by atoms with E-state index in [0.29, 0.717) is 12.1 Å². The van der Waals surface area contributed by atoms with Crippen molar-refractivity contribution < 1.29 is 0 Å². The van der Waals surface area contributed by atoms with Crippen LogP contribution in [0.2, 0.25) is 0 Å². The van der Waals surface area contributed by atoms with E-state index in [-0.39, 0.29) is 0 Å². The van der Waals surface area contributed by atoms with Gasteiger partial charge in [-0.25, -0.2) is 4.98 Å². The predicted octanol–water partition coefficient (Wildman–Crippen LogP) is 2.21. The van der Waals surface area contributed by atoms with Crippen molar-refractivity contribution >= 4 is 5.82 Å². The normalized spacial score (nSPS) is 12.9. The number of rotatable bonds is 4. The molecule has 0 bridgehead atoms. The number of nitrogens with one attached hydrogen (secondary N) is 1. The molecule has 1 N–H and O–H groups in total. The van der Waals surface area contributed by atoms with Crippen molar-refractivity contribution in [3.63, 3.8) is 0 Å². The third-order valence-electron chi connectivity index (χ3n) is 2.84. The first-order valence-corrected chi connectivity index (χ1v) is 5.42. The quantitative estimate of drug-likeness (QED) is 0.820. The molecule has 1 aromatic rings. The fourth-order valence-corrected chi connectivity index (χ4v) is 1.33. The van der Waals surface area contributed by atoms with Crippen molar-refractivity contribution in [3.05, 3.63) is 23.9 Å². The topological polar surface area (TPSA) is 28.2 Å². The Hall–Kier alpha value is -1.09. The number of hydrogen-bond acceptors (Lipinski definition) is 3. The van der Waals surface area contributed by atoms with Gasteiger partial charge in [0.25, 0.3) is 0 Å². The molecule has 84 valence electrons. The van der Waals surface area contributed by atoms with E-state index >= 15 is 0 Å². The fraction of sp³-hybridized carbons (Fsp3) is 0.583. The highest BCUT2D eigenvalue weighted by atomic mass is 15.2. The lowest BCUT2D eigenvalue weighted by atomic mass is 10.1. The van der Waals surface area contributed by atoms with Crippen LogP contribution < -0.4 is 10.2 Å². The number of aromatic nitrogens is 1. The Morgan fingerprint density at radius 2 is 2.00 bits per heavy atom. The Morgan fingerprint density at radius 1 is 1.33 bits per heavy atom. The molecule has 0 saturated heterocycles. The first kappa shape index (κ1) is 12.0. The van der Waals surface area contributed by atoms with Crippen LogP contribution in [0.15, 0.2) is 18.3 Å². The van der Waals surface area contributed by atoms with E-state index in [1.54, 1.807) is 0 Å². The summed E-state index contributed by atoms with van der Waals surface area (Å²) in [4.78, 5) is 6.55. The van der Waals surface area contributed by atoms with Crippen LogP contribution in [0, 0.1) is 0 Å². The van der Waals surface area contributed by atoms with Crippen LogP contribution in [0.4, 0.5) is 5.82 Å². The van der Waals surface area contributed by atoms with Gasteiger partial charge in [0.05, 0.1) is 0 Å². The molecular formula is C12H21N3. The average Bonchev–Trinajstić information content (AvgIpc) is 2.27. The van der Waals surface area contributed by atoms with E-state index < -0.39 is 0 Å². The van der Waals surface area contributed by atoms with Crippen LogP contribution in [0.25, 0.3) is 0 Å². The minimum absolute atomic E-state index is 0.368. The van der Waals surface area contributed by atoms with Crippen molar-refractivity contribution in [3.8, 4) is 0 Å². The summed E-state index contributed by atoms with van der Waals surface area (Å²) in [6.07, 6.45) is 1.87. The van der Waals surface area contributed by atoms with Gasteiger partial charge in [0.2, 0.25) is 0 Å². The van der Waals surface area contributed by atoms with Gasteiger partial charge in [-0.15, -0.1) is 0 Å². The van der Waals surface area contributed by atoms with Crippen molar-refractivity contribution in [1.82, 2.24) is 10.3 Å². The molecule has 0 saturated carbocycles. The Balaban J connectivity index is 2.92. The molecule has 15 heavy (non-hydrogen) atoms. The van der Waals surface area contributed by atoms with E-state index in [1.807, 2.05) is 13.2 Å². The highest BCUT2D eigenvalue weighted by molar-refractivity contribution is 5.41. The lowest BCUT2D eigenvalue weighted by molar-refractivity contribution is 0.649. The number of anilines is 1. The van der Waals surface area contributed by atoms with Gasteiger partial charge in [-0.05, 0) is 45.5 Å². The maximum Gasteiger partial charge on any atom is 0.128 e. The third kappa shape index (κ3) is 2.93. The summed E-state index contributed by atoms with van der Waals surface area (Å²) in [5.74, 6) is 1.03. The molecular weight excluding hydrogens is 186 g/mol. The monoisotopic (exact) mass is 207 g/mol. The molecule has 0 aliphatic carbocycles. The summed E-state index contributed by atoms with van der Waals surface area (Å²) in [6, 6.07) is 5.03. The molecule has 0 aliphatic heterocycles. The van der Waals surface area contributed by atoms with Crippen molar-refractivity contribution in [1.29, 1.82) is 0 Å². The van der Waals surface area contributed by atoms with Crippen LogP contribution in [0.3, 0.4) is 0 Å². The second kappa shape index (κ2) is 5.12. The highest BCUT2D eigenvalue weighted by Gasteiger charge is 2.08. The molecule has 1 unspecified atom stereocenters. The van der Waals surface area contributed by atoms with Crippen LogP contribution in [0.1, 0.15) is 32.4 Å². The molecule has 0 aromatic carbocycles. The first-order chi connectivity index (χ1) is 7.06. The van der Waals surface area contributed by atoms with Gasteiger partial charge in [-0.2, -0.15) is 0 Å². The van der Waals surface area contributed by atoms with E-state index in [1.165, 1.54) is 5.56 Å². The number of hydrogen-bond donors (Lipinski definition) is 1. The maximum absolute atomic E-state index is 4.38. The van der Waals surface area contributed by atoms with E-state index in [4.69, 9.17) is 0 Å². The lowest BCUT2D eigenvalue weighted by Gasteiger charge is -2.23. The first-order valence-electron chi connectivity index (χ1n) is 5.42. The molecule has 0 radical (unpaired) electrons. The molecule has 0 fully saturated rings. The van der Waals surface area contributed by atoms with Crippen molar-refractivity contribution in [2.75, 3.05) is 19.0 Å². The van der Waals surface area contributed by atoms with Crippen LogP contribution in [-0.2, 0) is 0 Å². The van der Waals surface area contributed by atoms with Gasteiger partial charge in [-0.3, -0.25) is 0 Å². The zero-order valence-corrected chi connectivity index (χ0v) is 10.3. The van der Waals surface area contributed by atoms with Gasteiger partial charge in [0.1, 0.15) is 5.82 Å². The largest absolute Gasteiger partial charge is 0.357 e. The van der Waals surface area contributed by atoms with E-state index in [9.17, 15) is 0 Å². The van der Waals surface area contributed by atoms with Gasteiger partial charge in [0, 0.05) is 25.3 Å². The highest BCUT2D eigenvalue weighted by Crippen LogP contribution is 2.18. The predicted molar refractivity (Wildman–Crippen MR) is 65.3 cm³/mol. The fourth-order valence-electron chi connectivity index (χ4n) is 1.33. The van der Waals surface area contributed by atoms with Crippen LogP contribution in [-0.4, -0.2) is 25.1 Å². The van der Waals surface area contributed by atoms with Crippen molar-refractivity contribution in [2.24, 2.45) is 0 Å². The summed E-state index contributed by atoms with van der Waals surface area (Å²) in [7, 11) is 4.04. The minimum Gasteiger partial charge on any atom is -0.357 e. The molecule has 0 aliphatic rings. The molecule has 0 spiro atoms. The van der Waals surface area contributed by atoms with Gasteiger partial charge >= 0.3 is 0 Å². The zero-order chi connectivity index (χ0) is 11.4. The van der Waals surface area contributed by atoms with Gasteiger partial charge < -0.3 is 10.2 Å². The van der Waals surface area contributed by atoms with E-state index in [0.717, 1.165) is 5.82 Å². The van der Waals surface area contributed by atoms with E-state index in [2.05, 4.69) is 55.2 Å². The van der Waals surface area contributed by atoms with Crippen LogP contribution >= 0.6 is 0 Å². The van der Waals surface area contributed by atoms with Gasteiger partial charge in [-0.1, -0.05) is 0 Å². The summed E-state index contributed by atoms with van der Waals surface area (Å²) >= 11 is 0. The molecule has 1 heterocycles. The summed E-state index contributed by atoms with van der Waals surface area (Å²) in [5, 5.41) is 3.23. The maximum atomic E-state index is 4.38. The Labute approximate surface area is 92.5 Å². The van der Waals surface area contributed by atoms with Gasteiger partial charge in [0.15, 0.2) is 0 Å². The molecule has 1 rings (SSSR count).